The average Bonchev–Trinajstić information content (AvgIpc) is 2.25. The topological polar surface area (TPSA) is 90.1 Å². The first-order valence-electron chi connectivity index (χ1n) is 6.55. The van der Waals surface area contributed by atoms with Crippen LogP contribution in [0, 0.1) is 0 Å². The molecule has 1 fully saturated rings. The summed E-state index contributed by atoms with van der Waals surface area (Å²) >= 11 is 0. The van der Waals surface area contributed by atoms with E-state index >= 15 is 0 Å². The van der Waals surface area contributed by atoms with Gasteiger partial charge in [-0.1, -0.05) is 25.7 Å². The summed E-state index contributed by atoms with van der Waals surface area (Å²) < 4.78 is 0. The lowest BCUT2D eigenvalue weighted by molar-refractivity contribution is 0.306. The van der Waals surface area contributed by atoms with Gasteiger partial charge in [0.2, 0.25) is 0 Å². The minimum absolute atomic E-state index is 0.321. The van der Waals surface area contributed by atoms with Gasteiger partial charge in [0.05, 0.1) is 5.66 Å². The van der Waals surface area contributed by atoms with E-state index in [4.69, 9.17) is 17.2 Å². The molecule has 1 aliphatic carbocycles. The van der Waals surface area contributed by atoms with Crippen molar-refractivity contribution in [1.29, 1.82) is 0 Å². The highest BCUT2D eigenvalue weighted by molar-refractivity contribution is 4.79. The molecule has 4 nitrogen and oxygen atoms in total. The van der Waals surface area contributed by atoms with E-state index in [0.717, 1.165) is 25.9 Å². The largest absolute Gasteiger partial charge is 0.330 e. The fourth-order valence-corrected chi connectivity index (χ4v) is 1.83. The van der Waals surface area contributed by atoms with Crippen molar-refractivity contribution in [2.24, 2.45) is 17.2 Å². The summed E-state index contributed by atoms with van der Waals surface area (Å²) in [4.78, 5) is 0. The van der Waals surface area contributed by atoms with Gasteiger partial charge in [0, 0.05) is 0 Å². The fraction of sp³-hybridized carbons (Fsp3) is 1.00. The zero-order chi connectivity index (χ0) is 12.3. The van der Waals surface area contributed by atoms with E-state index in [-0.39, 0.29) is 5.66 Å². The second-order valence-electron chi connectivity index (χ2n) is 4.75. The molecule has 0 aromatic rings. The molecule has 0 spiro atoms. The van der Waals surface area contributed by atoms with Crippen LogP contribution in [0.3, 0.4) is 0 Å². The lowest BCUT2D eigenvalue weighted by atomic mass is 9.91. The van der Waals surface area contributed by atoms with Crippen molar-refractivity contribution in [3.8, 4) is 0 Å². The monoisotopic (exact) mass is 230 g/mol. The molecule has 7 N–H and O–H groups in total. The maximum absolute atomic E-state index is 5.66. The predicted molar refractivity (Wildman–Crippen MR) is 71.0 cm³/mol. The van der Waals surface area contributed by atoms with E-state index in [1.165, 1.54) is 38.5 Å². The fourth-order valence-electron chi connectivity index (χ4n) is 1.83. The van der Waals surface area contributed by atoms with Gasteiger partial charge in [0.25, 0.3) is 0 Å². The van der Waals surface area contributed by atoms with Crippen LogP contribution >= 0.6 is 0 Å². The molecule has 0 radical (unpaired) electrons. The van der Waals surface area contributed by atoms with E-state index in [1.807, 2.05) is 7.05 Å². The van der Waals surface area contributed by atoms with Crippen LogP contribution in [0.15, 0.2) is 0 Å². The minimum Gasteiger partial charge on any atom is -0.330 e. The summed E-state index contributed by atoms with van der Waals surface area (Å²) in [5, 5.41) is 3.09. The third-order valence-electron chi connectivity index (χ3n) is 2.92. The van der Waals surface area contributed by atoms with Gasteiger partial charge < -0.3 is 22.5 Å². The summed E-state index contributed by atoms with van der Waals surface area (Å²) in [6.07, 6.45) is 9.45. The Morgan fingerprint density at radius 3 is 2.00 bits per heavy atom. The highest BCUT2D eigenvalue weighted by Gasteiger charge is 2.21. The lowest BCUT2D eigenvalue weighted by Crippen LogP contribution is -2.50. The smallest absolute Gasteiger partial charge is 0.0636 e. The first kappa shape index (κ1) is 15.8. The molecule has 0 heterocycles. The zero-order valence-corrected chi connectivity index (χ0v) is 10.8. The minimum atomic E-state index is -0.321. The van der Waals surface area contributed by atoms with Crippen molar-refractivity contribution in [1.82, 2.24) is 5.32 Å². The van der Waals surface area contributed by atoms with Gasteiger partial charge in [0.15, 0.2) is 0 Å². The Hall–Kier alpha value is -0.160. The van der Waals surface area contributed by atoms with E-state index in [1.54, 1.807) is 0 Å². The van der Waals surface area contributed by atoms with Crippen LogP contribution in [-0.4, -0.2) is 25.8 Å². The molecule has 1 aliphatic rings. The van der Waals surface area contributed by atoms with Gasteiger partial charge in [0.1, 0.15) is 0 Å². The maximum atomic E-state index is 5.66. The Morgan fingerprint density at radius 1 is 1.00 bits per heavy atom. The van der Waals surface area contributed by atoms with Crippen LogP contribution in [0.1, 0.15) is 51.4 Å². The van der Waals surface area contributed by atoms with Crippen molar-refractivity contribution in [2.75, 3.05) is 20.1 Å². The molecular formula is C12H30N4. The SMILES string of the molecule is CNCCCCCN.NC1(N)CCCCC1. The average molecular weight is 230 g/mol. The summed E-state index contributed by atoms with van der Waals surface area (Å²) in [5.74, 6) is 0. The Morgan fingerprint density at radius 2 is 1.62 bits per heavy atom. The van der Waals surface area contributed by atoms with Gasteiger partial charge in [-0.15, -0.1) is 0 Å². The summed E-state index contributed by atoms with van der Waals surface area (Å²) in [6.45, 7) is 1.96. The van der Waals surface area contributed by atoms with Crippen LogP contribution in [0.25, 0.3) is 0 Å². The Kier molecular flexibility index (Phi) is 9.92. The number of rotatable bonds is 5. The Labute approximate surface area is 100 Å². The Bertz CT molecular complexity index is 134. The van der Waals surface area contributed by atoms with Crippen molar-refractivity contribution in [3.05, 3.63) is 0 Å². The third-order valence-corrected chi connectivity index (χ3v) is 2.92. The van der Waals surface area contributed by atoms with Gasteiger partial charge in [-0.2, -0.15) is 0 Å². The van der Waals surface area contributed by atoms with Crippen molar-refractivity contribution in [3.63, 3.8) is 0 Å². The molecule has 16 heavy (non-hydrogen) atoms. The Balaban J connectivity index is 0.000000281. The molecule has 1 saturated carbocycles. The van der Waals surface area contributed by atoms with E-state index in [0.29, 0.717) is 0 Å². The first-order valence-corrected chi connectivity index (χ1v) is 6.55. The van der Waals surface area contributed by atoms with Gasteiger partial charge in [-0.05, 0) is 45.8 Å². The van der Waals surface area contributed by atoms with E-state index in [9.17, 15) is 0 Å². The highest BCUT2D eigenvalue weighted by atomic mass is 14.9. The molecule has 0 aromatic carbocycles. The van der Waals surface area contributed by atoms with Gasteiger partial charge >= 0.3 is 0 Å². The van der Waals surface area contributed by atoms with Crippen LogP contribution in [0.2, 0.25) is 0 Å². The van der Waals surface area contributed by atoms with Crippen LogP contribution in [-0.2, 0) is 0 Å². The first-order chi connectivity index (χ1) is 7.62. The molecule has 1 rings (SSSR count). The van der Waals surface area contributed by atoms with Gasteiger partial charge in [-0.25, -0.2) is 0 Å². The highest BCUT2D eigenvalue weighted by Crippen LogP contribution is 2.20. The van der Waals surface area contributed by atoms with Crippen LogP contribution in [0.4, 0.5) is 0 Å². The maximum Gasteiger partial charge on any atom is 0.0636 e. The summed E-state index contributed by atoms with van der Waals surface area (Å²) in [7, 11) is 1.97. The van der Waals surface area contributed by atoms with E-state index in [2.05, 4.69) is 5.32 Å². The second kappa shape index (κ2) is 10.0. The normalized spacial score (nSPS) is 18.8. The molecular weight excluding hydrogens is 200 g/mol. The van der Waals surface area contributed by atoms with Gasteiger partial charge in [-0.3, -0.25) is 0 Å². The van der Waals surface area contributed by atoms with Crippen molar-refractivity contribution < 1.29 is 0 Å². The molecule has 98 valence electrons. The van der Waals surface area contributed by atoms with Crippen molar-refractivity contribution >= 4 is 0 Å². The molecule has 0 saturated heterocycles. The molecule has 0 bridgehead atoms. The molecule has 4 heteroatoms. The van der Waals surface area contributed by atoms with Crippen LogP contribution < -0.4 is 22.5 Å². The lowest BCUT2D eigenvalue weighted by Gasteiger charge is -2.28. The molecule has 0 atom stereocenters. The summed E-state index contributed by atoms with van der Waals surface area (Å²) in [6, 6.07) is 0. The van der Waals surface area contributed by atoms with E-state index < -0.39 is 0 Å². The number of nitrogens with one attached hydrogen (secondary N) is 1. The summed E-state index contributed by atoms with van der Waals surface area (Å²) in [5.41, 5.74) is 16.3. The molecule has 0 aromatic heterocycles. The number of unbranched alkanes of at least 4 members (excludes halogenated alkanes) is 2. The number of nitrogens with two attached hydrogens (primary N) is 3. The predicted octanol–water partition coefficient (Wildman–Crippen LogP) is 0.899. The number of hydrogen-bond acceptors (Lipinski definition) is 4. The second-order valence-corrected chi connectivity index (χ2v) is 4.75. The molecule has 0 aliphatic heterocycles. The molecule has 0 amide bonds. The standard InChI is InChI=1S/C6H14N2.C6H16N2/c7-6(8)4-2-1-3-5-6;1-8-6-4-2-3-5-7/h1-5,7-8H2;8H,2-7H2,1H3. The van der Waals surface area contributed by atoms with Crippen LogP contribution in [0.5, 0.6) is 0 Å². The third kappa shape index (κ3) is 10.4. The quantitative estimate of drug-likeness (QED) is 0.417. The van der Waals surface area contributed by atoms with Crippen molar-refractivity contribution in [2.45, 2.75) is 57.0 Å². The zero-order valence-electron chi connectivity index (χ0n) is 10.8. The number of hydrogen-bond donors (Lipinski definition) is 4. The molecule has 0 unspecified atom stereocenters.